The standard InChI is InChI=1S/C15H25NO4/c1-6-9-19-15(4,5)11-20-14(2,3)10-16-12(17)7-8-13(16)18/h7-8H,6,9-11H2,1-5H3. The van der Waals surface area contributed by atoms with E-state index in [-0.39, 0.29) is 24.0 Å². The molecule has 5 nitrogen and oxygen atoms in total. The first kappa shape index (κ1) is 16.9. The monoisotopic (exact) mass is 283 g/mol. The number of hydrogen-bond acceptors (Lipinski definition) is 4. The lowest BCUT2D eigenvalue weighted by Gasteiger charge is -2.34. The molecule has 0 aliphatic carbocycles. The van der Waals surface area contributed by atoms with E-state index in [4.69, 9.17) is 9.47 Å². The number of hydrogen-bond donors (Lipinski definition) is 0. The second-order valence-electron chi connectivity index (χ2n) is 6.25. The molecule has 0 radical (unpaired) electrons. The second kappa shape index (κ2) is 6.50. The molecule has 1 aliphatic heterocycles. The Morgan fingerprint density at radius 1 is 1.00 bits per heavy atom. The van der Waals surface area contributed by atoms with Crippen LogP contribution in [0.3, 0.4) is 0 Å². The third-order valence-corrected chi connectivity index (χ3v) is 2.95. The van der Waals surface area contributed by atoms with E-state index in [1.165, 1.54) is 17.1 Å². The summed E-state index contributed by atoms with van der Waals surface area (Å²) in [6.45, 7) is 11.0. The zero-order valence-electron chi connectivity index (χ0n) is 13.1. The van der Waals surface area contributed by atoms with Crippen LogP contribution in [-0.4, -0.2) is 47.7 Å². The van der Waals surface area contributed by atoms with Gasteiger partial charge in [0, 0.05) is 18.8 Å². The van der Waals surface area contributed by atoms with Crippen LogP contribution in [0.25, 0.3) is 0 Å². The molecule has 0 saturated heterocycles. The number of carbonyl (C=O) groups is 2. The summed E-state index contributed by atoms with van der Waals surface area (Å²) < 4.78 is 11.6. The summed E-state index contributed by atoms with van der Waals surface area (Å²) >= 11 is 0. The van der Waals surface area contributed by atoms with Crippen molar-refractivity contribution in [3.05, 3.63) is 12.2 Å². The summed E-state index contributed by atoms with van der Waals surface area (Å²) in [4.78, 5) is 24.3. The van der Waals surface area contributed by atoms with Crippen LogP contribution in [0.15, 0.2) is 12.2 Å². The van der Waals surface area contributed by atoms with E-state index in [0.717, 1.165) is 6.42 Å². The minimum Gasteiger partial charge on any atom is -0.373 e. The van der Waals surface area contributed by atoms with Gasteiger partial charge in [-0.1, -0.05) is 6.92 Å². The Bertz CT molecular complexity index is 381. The molecule has 0 aromatic carbocycles. The molecule has 20 heavy (non-hydrogen) atoms. The van der Waals surface area contributed by atoms with Crippen molar-refractivity contribution in [1.82, 2.24) is 4.90 Å². The van der Waals surface area contributed by atoms with E-state index in [9.17, 15) is 9.59 Å². The molecule has 1 aliphatic rings. The van der Waals surface area contributed by atoms with E-state index in [1.54, 1.807) is 0 Å². The zero-order chi connectivity index (χ0) is 15.4. The van der Waals surface area contributed by atoms with Crippen molar-refractivity contribution in [1.29, 1.82) is 0 Å². The van der Waals surface area contributed by atoms with E-state index < -0.39 is 5.60 Å². The van der Waals surface area contributed by atoms with Gasteiger partial charge in [-0.25, -0.2) is 0 Å². The van der Waals surface area contributed by atoms with Crippen molar-refractivity contribution in [3.63, 3.8) is 0 Å². The fourth-order valence-electron chi connectivity index (χ4n) is 1.80. The summed E-state index contributed by atoms with van der Waals surface area (Å²) in [6.07, 6.45) is 3.52. The van der Waals surface area contributed by atoms with Gasteiger partial charge in [0.15, 0.2) is 0 Å². The van der Waals surface area contributed by atoms with Gasteiger partial charge in [0.05, 0.1) is 24.4 Å². The Morgan fingerprint density at radius 2 is 1.55 bits per heavy atom. The van der Waals surface area contributed by atoms with Gasteiger partial charge in [-0.15, -0.1) is 0 Å². The van der Waals surface area contributed by atoms with Crippen LogP contribution in [-0.2, 0) is 19.1 Å². The lowest BCUT2D eigenvalue weighted by atomic mass is 10.1. The highest BCUT2D eigenvalue weighted by Crippen LogP contribution is 2.19. The van der Waals surface area contributed by atoms with Gasteiger partial charge in [-0.2, -0.15) is 0 Å². The SMILES string of the molecule is CCCOC(C)(C)COC(C)(C)CN1C(=O)C=CC1=O. The molecule has 0 aromatic heterocycles. The van der Waals surface area contributed by atoms with Crippen LogP contribution < -0.4 is 0 Å². The average Bonchev–Trinajstić information content (AvgIpc) is 2.66. The van der Waals surface area contributed by atoms with Gasteiger partial charge in [-0.3, -0.25) is 14.5 Å². The number of nitrogens with zero attached hydrogens (tertiary/aromatic N) is 1. The van der Waals surface area contributed by atoms with Crippen molar-refractivity contribution in [2.45, 2.75) is 52.2 Å². The predicted octanol–water partition coefficient (Wildman–Crippen LogP) is 1.91. The minimum atomic E-state index is -0.607. The fraction of sp³-hybridized carbons (Fsp3) is 0.733. The first-order chi connectivity index (χ1) is 9.17. The molecule has 0 aromatic rings. The molecule has 0 fully saturated rings. The Kier molecular flexibility index (Phi) is 5.48. The van der Waals surface area contributed by atoms with E-state index in [1.807, 2.05) is 27.7 Å². The Morgan fingerprint density at radius 3 is 2.05 bits per heavy atom. The Hall–Kier alpha value is -1.20. The van der Waals surface area contributed by atoms with Crippen molar-refractivity contribution < 1.29 is 19.1 Å². The summed E-state index contributed by atoms with van der Waals surface area (Å²) in [5, 5.41) is 0. The summed E-state index contributed by atoms with van der Waals surface area (Å²) in [7, 11) is 0. The van der Waals surface area contributed by atoms with E-state index >= 15 is 0 Å². The first-order valence-corrected chi connectivity index (χ1v) is 6.98. The molecule has 1 heterocycles. The molecule has 0 atom stereocenters. The first-order valence-electron chi connectivity index (χ1n) is 6.98. The second-order valence-corrected chi connectivity index (χ2v) is 6.25. The lowest BCUT2D eigenvalue weighted by molar-refractivity contribution is -0.148. The van der Waals surface area contributed by atoms with Crippen molar-refractivity contribution in [2.75, 3.05) is 19.8 Å². The topological polar surface area (TPSA) is 55.8 Å². The van der Waals surface area contributed by atoms with Crippen LogP contribution in [0.4, 0.5) is 0 Å². The maximum absolute atomic E-state index is 11.5. The summed E-state index contributed by atoms with van der Waals surface area (Å²) in [5.41, 5.74) is -0.991. The highest BCUT2D eigenvalue weighted by Gasteiger charge is 2.32. The number of amides is 2. The zero-order valence-corrected chi connectivity index (χ0v) is 13.1. The van der Waals surface area contributed by atoms with Gasteiger partial charge in [0.2, 0.25) is 0 Å². The van der Waals surface area contributed by atoms with E-state index in [2.05, 4.69) is 6.92 Å². The van der Waals surface area contributed by atoms with Gasteiger partial charge in [-0.05, 0) is 34.1 Å². The van der Waals surface area contributed by atoms with Crippen molar-refractivity contribution >= 4 is 11.8 Å². The molecule has 5 heteroatoms. The van der Waals surface area contributed by atoms with Crippen LogP contribution >= 0.6 is 0 Å². The number of rotatable bonds is 8. The maximum Gasteiger partial charge on any atom is 0.253 e. The van der Waals surface area contributed by atoms with Crippen LogP contribution in [0.2, 0.25) is 0 Å². The number of carbonyl (C=O) groups excluding carboxylic acids is 2. The molecule has 0 saturated carbocycles. The highest BCUT2D eigenvalue weighted by atomic mass is 16.6. The molecule has 114 valence electrons. The molecule has 0 unspecified atom stereocenters. The van der Waals surface area contributed by atoms with E-state index in [0.29, 0.717) is 13.2 Å². The minimum absolute atomic E-state index is 0.238. The molecule has 2 amide bonds. The molecular weight excluding hydrogens is 258 g/mol. The maximum atomic E-state index is 11.5. The summed E-state index contributed by atoms with van der Waals surface area (Å²) in [5.74, 6) is -0.568. The van der Waals surface area contributed by atoms with Gasteiger partial charge in [0.1, 0.15) is 0 Å². The number of ether oxygens (including phenoxy) is 2. The Balaban J connectivity index is 2.49. The van der Waals surface area contributed by atoms with Crippen LogP contribution in [0.1, 0.15) is 41.0 Å². The molecule has 1 rings (SSSR count). The van der Waals surface area contributed by atoms with Crippen LogP contribution in [0.5, 0.6) is 0 Å². The third kappa shape index (κ3) is 5.06. The smallest absolute Gasteiger partial charge is 0.253 e. The highest BCUT2D eigenvalue weighted by molar-refractivity contribution is 6.12. The molecular formula is C15H25NO4. The largest absolute Gasteiger partial charge is 0.373 e. The van der Waals surface area contributed by atoms with Gasteiger partial charge >= 0.3 is 0 Å². The molecule has 0 bridgehead atoms. The van der Waals surface area contributed by atoms with Crippen LogP contribution in [0, 0.1) is 0 Å². The molecule has 0 N–H and O–H groups in total. The quantitative estimate of drug-likeness (QED) is 0.639. The number of imide groups is 1. The predicted molar refractivity (Wildman–Crippen MR) is 76.2 cm³/mol. The van der Waals surface area contributed by atoms with Crippen molar-refractivity contribution in [2.24, 2.45) is 0 Å². The third-order valence-electron chi connectivity index (χ3n) is 2.95. The fourth-order valence-corrected chi connectivity index (χ4v) is 1.80. The van der Waals surface area contributed by atoms with Crippen molar-refractivity contribution in [3.8, 4) is 0 Å². The van der Waals surface area contributed by atoms with Gasteiger partial charge in [0.25, 0.3) is 11.8 Å². The normalized spacial score (nSPS) is 16.4. The average molecular weight is 283 g/mol. The Labute approximate surface area is 120 Å². The lowest BCUT2D eigenvalue weighted by Crippen LogP contribution is -2.46. The summed E-state index contributed by atoms with van der Waals surface area (Å²) in [6, 6.07) is 0. The molecule has 0 spiro atoms. The van der Waals surface area contributed by atoms with Gasteiger partial charge < -0.3 is 9.47 Å².